The van der Waals surface area contributed by atoms with Gasteiger partial charge in [-0.05, 0) is 75.0 Å². The predicted molar refractivity (Wildman–Crippen MR) is 104 cm³/mol. The second-order valence-electron chi connectivity index (χ2n) is 8.89. The first-order valence-electron chi connectivity index (χ1n) is 10.5. The van der Waals surface area contributed by atoms with Crippen LogP contribution in [-0.2, 0) is 14.8 Å². The van der Waals surface area contributed by atoms with E-state index in [2.05, 4.69) is 12.2 Å². The number of benzene rings is 1. The van der Waals surface area contributed by atoms with E-state index in [0.29, 0.717) is 24.8 Å². The summed E-state index contributed by atoms with van der Waals surface area (Å²) < 4.78 is 53.2. The van der Waals surface area contributed by atoms with Gasteiger partial charge in [0.05, 0.1) is 4.90 Å². The fourth-order valence-corrected chi connectivity index (χ4v) is 6.98. The van der Waals surface area contributed by atoms with Crippen molar-refractivity contribution in [2.24, 2.45) is 23.7 Å². The van der Waals surface area contributed by atoms with Crippen LogP contribution in [0.15, 0.2) is 23.1 Å². The molecule has 0 aromatic heterocycles. The summed E-state index contributed by atoms with van der Waals surface area (Å²) in [4.78, 5) is 12.4. The molecule has 1 aliphatic heterocycles. The normalized spacial score (nSPS) is 29.1. The Morgan fingerprint density at radius 3 is 2.41 bits per heavy atom. The minimum atomic E-state index is -3.90. The van der Waals surface area contributed by atoms with E-state index in [1.807, 2.05) is 0 Å². The van der Waals surface area contributed by atoms with Crippen molar-refractivity contribution in [1.82, 2.24) is 9.62 Å². The van der Waals surface area contributed by atoms with Crippen molar-refractivity contribution >= 4 is 15.9 Å². The van der Waals surface area contributed by atoms with E-state index >= 15 is 0 Å². The maximum Gasteiger partial charge on any atom is 0.243 e. The van der Waals surface area contributed by atoms with Crippen LogP contribution in [-0.4, -0.2) is 37.8 Å². The van der Waals surface area contributed by atoms with Crippen LogP contribution in [0.3, 0.4) is 0 Å². The molecule has 0 radical (unpaired) electrons. The maximum atomic E-state index is 13.4. The van der Waals surface area contributed by atoms with Gasteiger partial charge in [0.25, 0.3) is 0 Å². The molecule has 2 saturated carbocycles. The van der Waals surface area contributed by atoms with Crippen LogP contribution in [0, 0.1) is 35.3 Å². The molecule has 1 heterocycles. The number of sulfonamides is 1. The van der Waals surface area contributed by atoms with Gasteiger partial charge < -0.3 is 5.32 Å². The molecule has 1 aromatic rings. The van der Waals surface area contributed by atoms with Gasteiger partial charge in [-0.2, -0.15) is 4.31 Å². The molecule has 8 heteroatoms. The van der Waals surface area contributed by atoms with Gasteiger partial charge in [0, 0.05) is 25.0 Å². The first-order valence-corrected chi connectivity index (χ1v) is 12.0. The number of piperidine rings is 1. The van der Waals surface area contributed by atoms with Gasteiger partial charge in [-0.1, -0.05) is 6.42 Å². The fraction of sp³-hybridized carbons (Fsp3) is 0.667. The van der Waals surface area contributed by atoms with Gasteiger partial charge in [0.1, 0.15) is 0 Å². The van der Waals surface area contributed by atoms with Crippen molar-refractivity contribution in [1.29, 1.82) is 0 Å². The quantitative estimate of drug-likeness (QED) is 0.786. The number of nitrogens with zero attached hydrogens (tertiary/aromatic N) is 1. The Balaban J connectivity index is 1.32. The van der Waals surface area contributed by atoms with Crippen molar-refractivity contribution in [2.45, 2.75) is 56.4 Å². The molecule has 29 heavy (non-hydrogen) atoms. The van der Waals surface area contributed by atoms with Crippen molar-refractivity contribution in [3.63, 3.8) is 0 Å². The highest BCUT2D eigenvalue weighted by molar-refractivity contribution is 7.89. The number of carbonyl (C=O) groups is 1. The molecule has 2 aliphatic carbocycles. The predicted octanol–water partition coefficient (Wildman–Crippen LogP) is 3.31. The van der Waals surface area contributed by atoms with Crippen molar-refractivity contribution in [3.8, 4) is 0 Å². The molecule has 160 valence electrons. The number of amides is 1. The maximum absolute atomic E-state index is 13.4. The van der Waals surface area contributed by atoms with E-state index in [4.69, 9.17) is 0 Å². The molecule has 4 unspecified atom stereocenters. The molecular formula is C21H28F2N2O3S. The Hall–Kier alpha value is -1.54. The van der Waals surface area contributed by atoms with E-state index in [9.17, 15) is 22.0 Å². The summed E-state index contributed by atoms with van der Waals surface area (Å²) in [6, 6.07) is 2.76. The highest BCUT2D eigenvalue weighted by Gasteiger charge is 2.42. The second kappa shape index (κ2) is 7.95. The number of fused-ring (bicyclic) bond motifs is 2. The third-order valence-electron chi connectivity index (χ3n) is 7.16. The molecule has 4 atom stereocenters. The van der Waals surface area contributed by atoms with E-state index in [1.165, 1.54) is 30.0 Å². The number of carbonyl (C=O) groups excluding carboxylic acids is 1. The van der Waals surface area contributed by atoms with Crippen molar-refractivity contribution in [2.75, 3.05) is 13.1 Å². The molecule has 1 aromatic carbocycles. The standard InChI is InChI=1S/C21H28F2N2O3S/c1-13(18-11-14-2-3-16(18)10-14)24-21(26)15-6-8-25(9-7-15)29(27,28)17-4-5-19(22)20(23)12-17/h4-5,12-16,18H,2-3,6-11H2,1H3,(H,24,26). The van der Waals surface area contributed by atoms with E-state index in [1.54, 1.807) is 0 Å². The van der Waals surface area contributed by atoms with Crippen LogP contribution in [0.2, 0.25) is 0 Å². The molecule has 5 nitrogen and oxygen atoms in total. The van der Waals surface area contributed by atoms with E-state index < -0.39 is 21.7 Å². The highest BCUT2D eigenvalue weighted by Crippen LogP contribution is 2.49. The summed E-state index contributed by atoms with van der Waals surface area (Å²) >= 11 is 0. The number of rotatable bonds is 5. The monoisotopic (exact) mass is 426 g/mol. The lowest BCUT2D eigenvalue weighted by Gasteiger charge is -2.33. The summed E-state index contributed by atoms with van der Waals surface area (Å²) in [7, 11) is -3.90. The first-order chi connectivity index (χ1) is 13.8. The Morgan fingerprint density at radius 1 is 1.10 bits per heavy atom. The average molecular weight is 427 g/mol. The largest absolute Gasteiger partial charge is 0.353 e. The SMILES string of the molecule is CC(NC(=O)C1CCN(S(=O)(=O)c2ccc(F)c(F)c2)CC1)C1CC2CCC1C2. The Kier molecular flexibility index (Phi) is 5.68. The molecule has 1 saturated heterocycles. The summed E-state index contributed by atoms with van der Waals surface area (Å²) in [5, 5.41) is 3.18. The van der Waals surface area contributed by atoms with Gasteiger partial charge >= 0.3 is 0 Å². The molecule has 1 amide bonds. The van der Waals surface area contributed by atoms with Gasteiger partial charge in [0.15, 0.2) is 11.6 Å². The topological polar surface area (TPSA) is 66.5 Å². The molecule has 0 spiro atoms. The number of halogens is 2. The van der Waals surface area contributed by atoms with Crippen molar-refractivity contribution in [3.05, 3.63) is 29.8 Å². The van der Waals surface area contributed by atoms with Crippen molar-refractivity contribution < 1.29 is 22.0 Å². The van der Waals surface area contributed by atoms with Crippen LogP contribution >= 0.6 is 0 Å². The lowest BCUT2D eigenvalue weighted by molar-refractivity contribution is -0.127. The molecule has 1 N–H and O–H groups in total. The number of hydrogen-bond acceptors (Lipinski definition) is 3. The second-order valence-corrected chi connectivity index (χ2v) is 10.8. The zero-order valence-electron chi connectivity index (χ0n) is 16.6. The molecule has 3 fully saturated rings. The Bertz CT molecular complexity index is 884. The minimum Gasteiger partial charge on any atom is -0.353 e. The Morgan fingerprint density at radius 2 is 1.83 bits per heavy atom. The molecule has 4 rings (SSSR count). The third-order valence-corrected chi connectivity index (χ3v) is 9.05. The summed E-state index contributed by atoms with van der Waals surface area (Å²) in [6.45, 7) is 2.48. The molecular weight excluding hydrogens is 398 g/mol. The van der Waals surface area contributed by atoms with Crippen LogP contribution in [0.5, 0.6) is 0 Å². The molecule has 2 bridgehead atoms. The van der Waals surface area contributed by atoms with E-state index in [-0.39, 0.29) is 35.9 Å². The van der Waals surface area contributed by atoms with Gasteiger partial charge in [-0.15, -0.1) is 0 Å². The van der Waals surface area contributed by atoms with Gasteiger partial charge in [-0.3, -0.25) is 4.79 Å². The van der Waals surface area contributed by atoms with Gasteiger partial charge in [-0.25, -0.2) is 17.2 Å². The summed E-state index contributed by atoms with van der Waals surface area (Å²) in [5.41, 5.74) is 0. The zero-order valence-corrected chi connectivity index (χ0v) is 17.4. The average Bonchev–Trinajstić information content (AvgIpc) is 3.33. The minimum absolute atomic E-state index is 0.00477. The van der Waals surface area contributed by atoms with Crippen LogP contribution in [0.1, 0.15) is 45.4 Å². The third kappa shape index (κ3) is 4.06. The first kappa shape index (κ1) is 20.7. The molecule has 3 aliphatic rings. The summed E-state index contributed by atoms with van der Waals surface area (Å²) in [6.07, 6.45) is 5.96. The van der Waals surface area contributed by atoms with Crippen LogP contribution < -0.4 is 5.32 Å². The lowest BCUT2D eigenvalue weighted by atomic mass is 9.83. The smallest absolute Gasteiger partial charge is 0.243 e. The summed E-state index contributed by atoms with van der Waals surface area (Å²) in [5.74, 6) is -0.351. The highest BCUT2D eigenvalue weighted by atomic mass is 32.2. The van der Waals surface area contributed by atoms with Crippen LogP contribution in [0.25, 0.3) is 0 Å². The fourth-order valence-electron chi connectivity index (χ4n) is 5.50. The van der Waals surface area contributed by atoms with Crippen LogP contribution in [0.4, 0.5) is 8.78 Å². The van der Waals surface area contributed by atoms with Gasteiger partial charge in [0.2, 0.25) is 15.9 Å². The number of nitrogens with one attached hydrogen (secondary N) is 1. The number of hydrogen-bond donors (Lipinski definition) is 1. The van der Waals surface area contributed by atoms with E-state index in [0.717, 1.165) is 24.0 Å². The lowest BCUT2D eigenvalue weighted by Crippen LogP contribution is -2.47. The Labute approximate surface area is 170 Å². The zero-order chi connectivity index (χ0) is 20.8.